The van der Waals surface area contributed by atoms with E-state index in [0.29, 0.717) is 5.88 Å². The van der Waals surface area contributed by atoms with Crippen LogP contribution in [0.2, 0.25) is 0 Å². The van der Waals surface area contributed by atoms with Gasteiger partial charge < -0.3 is 5.32 Å². The van der Waals surface area contributed by atoms with Crippen molar-refractivity contribution >= 4 is 17.6 Å². The van der Waals surface area contributed by atoms with Crippen LogP contribution in [0, 0.1) is 0 Å². The molecule has 1 amide bonds. The summed E-state index contributed by atoms with van der Waals surface area (Å²) in [5.41, 5.74) is 0. The smallest absolute Gasteiger partial charge is 0.332 e. The van der Waals surface area contributed by atoms with E-state index < -0.39 is 0 Å². The zero-order valence-corrected chi connectivity index (χ0v) is 8.03. The van der Waals surface area contributed by atoms with Gasteiger partial charge in [0.2, 0.25) is 0 Å². The van der Waals surface area contributed by atoms with Gasteiger partial charge in [0.1, 0.15) is 0 Å². The maximum atomic E-state index is 11.3. The van der Waals surface area contributed by atoms with Crippen molar-refractivity contribution in [2.45, 2.75) is 19.4 Å². The second-order valence-corrected chi connectivity index (χ2v) is 2.87. The van der Waals surface area contributed by atoms with E-state index in [1.165, 1.54) is 12.4 Å². The van der Waals surface area contributed by atoms with Gasteiger partial charge in [-0.2, -0.15) is 4.68 Å². The molecule has 0 saturated heterocycles. The van der Waals surface area contributed by atoms with Crippen LogP contribution in [0.5, 0.6) is 0 Å². The molecule has 0 fully saturated rings. The molecule has 1 aromatic rings. The number of rotatable bonds is 3. The molecule has 6 heteroatoms. The summed E-state index contributed by atoms with van der Waals surface area (Å²) >= 11 is 5.61. The van der Waals surface area contributed by atoms with E-state index in [2.05, 4.69) is 15.6 Å². The summed E-state index contributed by atoms with van der Waals surface area (Å²) in [4.78, 5) is 11.3. The first-order chi connectivity index (χ1) is 6.27. The van der Waals surface area contributed by atoms with E-state index in [-0.39, 0.29) is 12.1 Å². The van der Waals surface area contributed by atoms with Crippen LogP contribution in [0.1, 0.15) is 13.3 Å². The molecule has 1 rings (SSSR count). The van der Waals surface area contributed by atoms with Crippen LogP contribution < -0.4 is 5.32 Å². The molecule has 0 saturated carbocycles. The molecule has 0 spiro atoms. The standard InChI is InChI=1S/C7H11ClN4O/c1-2-6(5-8)10-7(13)12-4-3-9-11-12/h3-4,6H,2,5H2,1H3,(H,10,13). The quantitative estimate of drug-likeness (QED) is 0.740. The van der Waals surface area contributed by atoms with Gasteiger partial charge in [0, 0.05) is 11.9 Å². The van der Waals surface area contributed by atoms with Crippen molar-refractivity contribution in [3.63, 3.8) is 0 Å². The summed E-state index contributed by atoms with van der Waals surface area (Å²) in [6.07, 6.45) is 3.72. The monoisotopic (exact) mass is 202 g/mol. The Morgan fingerprint density at radius 2 is 2.54 bits per heavy atom. The molecular weight excluding hydrogens is 192 g/mol. The third-order valence-corrected chi connectivity index (χ3v) is 2.01. The van der Waals surface area contributed by atoms with Crippen LogP contribution in [-0.4, -0.2) is 32.9 Å². The molecule has 1 N–H and O–H groups in total. The highest BCUT2D eigenvalue weighted by molar-refractivity contribution is 6.18. The fourth-order valence-electron chi connectivity index (χ4n) is 0.807. The van der Waals surface area contributed by atoms with Crippen molar-refractivity contribution in [1.82, 2.24) is 20.3 Å². The highest BCUT2D eigenvalue weighted by Gasteiger charge is 2.10. The zero-order chi connectivity index (χ0) is 9.68. The highest BCUT2D eigenvalue weighted by Crippen LogP contribution is 1.94. The maximum Gasteiger partial charge on any atom is 0.343 e. The largest absolute Gasteiger partial charge is 0.343 e. The second-order valence-electron chi connectivity index (χ2n) is 2.56. The highest BCUT2D eigenvalue weighted by atomic mass is 35.5. The molecule has 0 aliphatic carbocycles. The molecule has 1 aromatic heterocycles. The first kappa shape index (κ1) is 9.98. The van der Waals surface area contributed by atoms with Crippen molar-refractivity contribution in [3.05, 3.63) is 12.4 Å². The van der Waals surface area contributed by atoms with Crippen LogP contribution in [0.15, 0.2) is 12.4 Å². The van der Waals surface area contributed by atoms with Gasteiger partial charge >= 0.3 is 6.03 Å². The molecule has 0 bridgehead atoms. The molecule has 72 valence electrons. The Balaban J connectivity index is 2.50. The van der Waals surface area contributed by atoms with Gasteiger partial charge in [-0.1, -0.05) is 12.1 Å². The molecule has 0 radical (unpaired) electrons. The minimum atomic E-state index is -0.301. The van der Waals surface area contributed by atoms with Crippen molar-refractivity contribution < 1.29 is 4.79 Å². The Hall–Kier alpha value is -1.10. The lowest BCUT2D eigenvalue weighted by molar-refractivity contribution is 0.235. The predicted molar refractivity (Wildman–Crippen MR) is 48.8 cm³/mol. The molecule has 1 heterocycles. The van der Waals surface area contributed by atoms with Gasteiger partial charge in [-0.15, -0.1) is 16.7 Å². The molecule has 0 aromatic carbocycles. The summed E-state index contributed by atoms with van der Waals surface area (Å²) in [7, 11) is 0. The number of carbonyl (C=O) groups excluding carboxylic acids is 1. The molecule has 0 aliphatic heterocycles. The number of alkyl halides is 1. The molecule has 0 aliphatic rings. The number of nitrogens with one attached hydrogen (secondary N) is 1. The molecule has 1 unspecified atom stereocenters. The normalized spacial score (nSPS) is 12.5. The van der Waals surface area contributed by atoms with E-state index in [4.69, 9.17) is 11.6 Å². The topological polar surface area (TPSA) is 59.8 Å². The number of aromatic nitrogens is 3. The molecule has 1 atom stereocenters. The van der Waals surface area contributed by atoms with Crippen molar-refractivity contribution in [2.24, 2.45) is 0 Å². The van der Waals surface area contributed by atoms with E-state index in [9.17, 15) is 4.79 Å². The second kappa shape index (κ2) is 4.81. The fraction of sp³-hybridized carbons (Fsp3) is 0.571. The maximum absolute atomic E-state index is 11.3. The Morgan fingerprint density at radius 1 is 1.77 bits per heavy atom. The fourth-order valence-corrected chi connectivity index (χ4v) is 1.10. The van der Waals surface area contributed by atoms with E-state index in [1.807, 2.05) is 6.92 Å². The van der Waals surface area contributed by atoms with Gasteiger partial charge in [0.25, 0.3) is 0 Å². The molecular formula is C7H11ClN4O. The number of hydrogen-bond donors (Lipinski definition) is 1. The van der Waals surface area contributed by atoms with Crippen molar-refractivity contribution in [3.8, 4) is 0 Å². The summed E-state index contributed by atoms with van der Waals surface area (Å²) in [6.45, 7) is 1.95. The van der Waals surface area contributed by atoms with Crippen LogP contribution >= 0.6 is 11.6 Å². The SMILES string of the molecule is CCC(CCl)NC(=O)n1ccnn1. The third-order valence-electron chi connectivity index (χ3n) is 1.64. The number of carbonyl (C=O) groups is 1. The lowest BCUT2D eigenvalue weighted by Crippen LogP contribution is -2.38. The number of halogens is 1. The van der Waals surface area contributed by atoms with Gasteiger partial charge in [-0.25, -0.2) is 4.79 Å². The van der Waals surface area contributed by atoms with E-state index >= 15 is 0 Å². The molecule has 5 nitrogen and oxygen atoms in total. The number of amides is 1. The van der Waals surface area contributed by atoms with Crippen LogP contribution in [0.4, 0.5) is 4.79 Å². The Bertz CT molecular complexity index is 257. The minimum Gasteiger partial charge on any atom is -0.332 e. The third kappa shape index (κ3) is 2.69. The van der Waals surface area contributed by atoms with Crippen molar-refractivity contribution in [1.29, 1.82) is 0 Å². The first-order valence-electron chi connectivity index (χ1n) is 4.01. The summed E-state index contributed by atoms with van der Waals surface area (Å²) in [5, 5.41) is 9.78. The predicted octanol–water partition coefficient (Wildman–Crippen LogP) is 0.853. The van der Waals surface area contributed by atoms with Gasteiger partial charge in [-0.3, -0.25) is 0 Å². The average Bonchev–Trinajstić information content (AvgIpc) is 2.66. The average molecular weight is 203 g/mol. The number of nitrogens with zero attached hydrogens (tertiary/aromatic N) is 3. The van der Waals surface area contributed by atoms with Gasteiger partial charge in [0.15, 0.2) is 0 Å². The van der Waals surface area contributed by atoms with Gasteiger partial charge in [0.05, 0.1) is 12.4 Å². The Labute approximate surface area is 81.1 Å². The van der Waals surface area contributed by atoms with E-state index in [0.717, 1.165) is 11.1 Å². The van der Waals surface area contributed by atoms with Crippen LogP contribution in [-0.2, 0) is 0 Å². The Kier molecular flexibility index (Phi) is 3.70. The lowest BCUT2D eigenvalue weighted by atomic mass is 10.3. The van der Waals surface area contributed by atoms with E-state index in [1.54, 1.807) is 0 Å². The van der Waals surface area contributed by atoms with Crippen LogP contribution in [0.25, 0.3) is 0 Å². The zero-order valence-electron chi connectivity index (χ0n) is 7.27. The summed E-state index contributed by atoms with van der Waals surface area (Å²) in [6, 6.07) is -0.316. The number of hydrogen-bond acceptors (Lipinski definition) is 3. The van der Waals surface area contributed by atoms with Gasteiger partial charge in [-0.05, 0) is 6.42 Å². The minimum absolute atomic E-state index is 0.0154. The Morgan fingerprint density at radius 3 is 3.00 bits per heavy atom. The molecule has 13 heavy (non-hydrogen) atoms. The lowest BCUT2D eigenvalue weighted by Gasteiger charge is -2.12. The first-order valence-corrected chi connectivity index (χ1v) is 4.54. The van der Waals surface area contributed by atoms with Crippen molar-refractivity contribution in [2.75, 3.05) is 5.88 Å². The summed E-state index contributed by atoms with van der Waals surface area (Å²) in [5.74, 6) is 0.400. The van der Waals surface area contributed by atoms with Crippen LogP contribution in [0.3, 0.4) is 0 Å². The summed E-state index contributed by atoms with van der Waals surface area (Å²) < 4.78 is 1.13.